The van der Waals surface area contributed by atoms with Crippen molar-refractivity contribution in [1.82, 2.24) is 10.6 Å². The van der Waals surface area contributed by atoms with Crippen molar-refractivity contribution in [3.8, 4) is 0 Å². The third kappa shape index (κ3) is 2.96. The molecule has 3 nitrogen and oxygen atoms in total. The molecule has 24 heavy (non-hydrogen) atoms. The fourth-order valence-corrected chi connectivity index (χ4v) is 3.90. The Morgan fingerprint density at radius 3 is 2.54 bits per heavy atom. The smallest absolute Gasteiger partial charge is 0.226 e. The normalized spacial score (nSPS) is 17.8. The summed E-state index contributed by atoms with van der Waals surface area (Å²) in [5, 5.41) is 6.56. The Kier molecular flexibility index (Phi) is 4.11. The van der Waals surface area contributed by atoms with Gasteiger partial charge in [0.15, 0.2) is 0 Å². The first-order valence-electron chi connectivity index (χ1n) is 8.89. The summed E-state index contributed by atoms with van der Waals surface area (Å²) in [5.41, 5.74) is 5.00. The number of hydrogen-bond acceptors (Lipinski definition) is 2. The van der Waals surface area contributed by atoms with E-state index >= 15 is 0 Å². The lowest BCUT2D eigenvalue weighted by Crippen LogP contribution is -2.46. The highest BCUT2D eigenvalue weighted by molar-refractivity contribution is 5.83. The van der Waals surface area contributed by atoms with Gasteiger partial charge >= 0.3 is 0 Å². The van der Waals surface area contributed by atoms with Gasteiger partial charge < -0.3 is 10.6 Å². The molecule has 0 bridgehead atoms. The van der Waals surface area contributed by atoms with E-state index < -0.39 is 0 Å². The number of carbonyl (C=O) groups excluding carboxylic acids is 1. The molecule has 0 radical (unpaired) electrons. The van der Waals surface area contributed by atoms with Gasteiger partial charge in [-0.25, -0.2) is 0 Å². The lowest BCUT2D eigenvalue weighted by molar-refractivity contribution is -0.136. The number of carbonyl (C=O) groups is 1. The minimum Gasteiger partial charge on any atom is -0.352 e. The van der Waals surface area contributed by atoms with Crippen LogP contribution in [0, 0.1) is 5.41 Å². The van der Waals surface area contributed by atoms with Gasteiger partial charge in [-0.1, -0.05) is 55.0 Å². The van der Waals surface area contributed by atoms with E-state index in [1.807, 2.05) is 6.07 Å². The van der Waals surface area contributed by atoms with Crippen LogP contribution in [0.5, 0.6) is 0 Å². The van der Waals surface area contributed by atoms with Gasteiger partial charge in [0, 0.05) is 19.6 Å². The highest BCUT2D eigenvalue weighted by atomic mass is 16.2. The number of rotatable bonds is 5. The van der Waals surface area contributed by atoms with Crippen LogP contribution in [-0.2, 0) is 30.8 Å². The average Bonchev–Trinajstić information content (AvgIpc) is 3.04. The molecular weight excluding hydrogens is 296 g/mol. The first kappa shape index (κ1) is 15.4. The van der Waals surface area contributed by atoms with E-state index in [9.17, 15) is 4.79 Å². The Bertz CT molecular complexity index is 735. The topological polar surface area (TPSA) is 41.1 Å². The summed E-state index contributed by atoms with van der Waals surface area (Å²) in [6.07, 6.45) is 4.02. The maximum absolute atomic E-state index is 12.8. The van der Waals surface area contributed by atoms with Crippen LogP contribution in [0.2, 0.25) is 0 Å². The van der Waals surface area contributed by atoms with Gasteiger partial charge in [-0.2, -0.15) is 0 Å². The van der Waals surface area contributed by atoms with Crippen molar-refractivity contribution in [3.63, 3.8) is 0 Å². The zero-order valence-corrected chi connectivity index (χ0v) is 14.0. The fourth-order valence-electron chi connectivity index (χ4n) is 3.90. The van der Waals surface area contributed by atoms with Gasteiger partial charge in [-0.15, -0.1) is 0 Å². The van der Waals surface area contributed by atoms with Gasteiger partial charge in [0.1, 0.15) is 0 Å². The Labute approximate surface area is 143 Å². The molecule has 1 amide bonds. The summed E-state index contributed by atoms with van der Waals surface area (Å²) in [6, 6.07) is 16.9. The molecule has 1 saturated carbocycles. The van der Waals surface area contributed by atoms with Gasteiger partial charge in [-0.3, -0.25) is 4.79 Å². The van der Waals surface area contributed by atoms with Crippen LogP contribution in [0.15, 0.2) is 48.5 Å². The van der Waals surface area contributed by atoms with Crippen LogP contribution in [0.4, 0.5) is 0 Å². The minimum absolute atomic E-state index is 0.195. The van der Waals surface area contributed by atoms with Crippen LogP contribution >= 0.6 is 0 Å². The lowest BCUT2D eigenvalue weighted by atomic mass is 9.64. The molecule has 2 aromatic carbocycles. The molecule has 2 N–H and O–H groups in total. The summed E-state index contributed by atoms with van der Waals surface area (Å²) in [6.45, 7) is 2.53. The molecular formula is C21H24N2O. The summed E-state index contributed by atoms with van der Waals surface area (Å²) in [4.78, 5) is 12.8. The van der Waals surface area contributed by atoms with Gasteiger partial charge in [0.25, 0.3) is 0 Å². The van der Waals surface area contributed by atoms with Crippen molar-refractivity contribution in [3.05, 3.63) is 70.8 Å². The van der Waals surface area contributed by atoms with Crippen LogP contribution in [0.1, 0.15) is 41.5 Å². The number of hydrogen-bond donors (Lipinski definition) is 2. The van der Waals surface area contributed by atoms with Crippen LogP contribution in [0.25, 0.3) is 0 Å². The van der Waals surface area contributed by atoms with Crippen LogP contribution in [0.3, 0.4) is 0 Å². The third-order valence-corrected chi connectivity index (χ3v) is 5.53. The second-order valence-corrected chi connectivity index (χ2v) is 7.19. The summed E-state index contributed by atoms with van der Waals surface area (Å²) in [7, 11) is 0. The molecule has 124 valence electrons. The fraction of sp³-hybridized carbons (Fsp3) is 0.381. The van der Waals surface area contributed by atoms with Gasteiger partial charge in [0.05, 0.1) is 5.41 Å². The molecule has 1 aliphatic heterocycles. The highest BCUT2D eigenvalue weighted by Crippen LogP contribution is 2.44. The van der Waals surface area contributed by atoms with Crippen molar-refractivity contribution in [2.75, 3.05) is 0 Å². The first-order valence-corrected chi connectivity index (χ1v) is 8.89. The van der Waals surface area contributed by atoms with Crippen molar-refractivity contribution >= 4 is 5.91 Å². The lowest BCUT2D eigenvalue weighted by Gasteiger charge is -2.40. The number of fused-ring (bicyclic) bond motifs is 1. The SMILES string of the molecule is O=C(NCc1ccc2c(c1)CNC2)C1(Cc2ccccc2)CCC1. The molecule has 0 spiro atoms. The standard InChI is InChI=1S/C21H24N2O/c24-20(21(9-4-10-21)12-16-5-2-1-3-6-16)23-13-17-7-8-18-14-22-15-19(18)11-17/h1-3,5-8,11,22H,4,9-10,12-15H2,(H,23,24). The van der Waals surface area contributed by atoms with Crippen LogP contribution in [-0.4, -0.2) is 5.91 Å². The number of benzene rings is 2. The third-order valence-electron chi connectivity index (χ3n) is 5.53. The van der Waals surface area contributed by atoms with E-state index in [1.54, 1.807) is 0 Å². The first-order chi connectivity index (χ1) is 11.8. The van der Waals surface area contributed by atoms with Crippen molar-refractivity contribution in [2.24, 2.45) is 5.41 Å². The largest absolute Gasteiger partial charge is 0.352 e. The number of amides is 1. The molecule has 0 atom stereocenters. The molecule has 1 heterocycles. The molecule has 2 aliphatic rings. The van der Waals surface area contributed by atoms with Gasteiger partial charge in [-0.05, 0) is 41.5 Å². The molecule has 0 saturated heterocycles. The maximum Gasteiger partial charge on any atom is 0.226 e. The number of nitrogens with one attached hydrogen (secondary N) is 2. The Morgan fingerprint density at radius 2 is 1.79 bits per heavy atom. The van der Waals surface area contributed by atoms with Crippen molar-refractivity contribution in [1.29, 1.82) is 0 Å². The summed E-state index contributed by atoms with van der Waals surface area (Å²) in [5.74, 6) is 0.219. The highest BCUT2D eigenvalue weighted by Gasteiger charge is 2.43. The Hall–Kier alpha value is -2.13. The molecule has 0 aromatic heterocycles. The minimum atomic E-state index is -0.195. The molecule has 0 unspecified atom stereocenters. The maximum atomic E-state index is 12.8. The molecule has 4 rings (SSSR count). The van der Waals surface area contributed by atoms with Crippen LogP contribution < -0.4 is 10.6 Å². The molecule has 1 aliphatic carbocycles. The van der Waals surface area contributed by atoms with Gasteiger partial charge in [0.2, 0.25) is 5.91 Å². The summed E-state index contributed by atoms with van der Waals surface area (Å²) >= 11 is 0. The summed E-state index contributed by atoms with van der Waals surface area (Å²) < 4.78 is 0. The van der Waals surface area contributed by atoms with E-state index in [0.29, 0.717) is 6.54 Å². The quantitative estimate of drug-likeness (QED) is 0.887. The Morgan fingerprint density at radius 1 is 1.00 bits per heavy atom. The van der Waals surface area contributed by atoms with E-state index in [-0.39, 0.29) is 11.3 Å². The monoisotopic (exact) mass is 320 g/mol. The van der Waals surface area contributed by atoms with E-state index in [4.69, 9.17) is 0 Å². The predicted molar refractivity (Wildman–Crippen MR) is 95.3 cm³/mol. The predicted octanol–water partition coefficient (Wildman–Crippen LogP) is 3.32. The van der Waals surface area contributed by atoms with Crippen molar-refractivity contribution < 1.29 is 4.79 Å². The average molecular weight is 320 g/mol. The van der Waals surface area contributed by atoms with E-state index in [0.717, 1.165) is 38.8 Å². The second-order valence-electron chi connectivity index (χ2n) is 7.19. The van der Waals surface area contributed by atoms with E-state index in [1.165, 1.54) is 22.3 Å². The second kappa shape index (κ2) is 6.40. The van der Waals surface area contributed by atoms with E-state index in [2.05, 4.69) is 53.1 Å². The molecule has 3 heteroatoms. The molecule has 2 aromatic rings. The van der Waals surface area contributed by atoms with Crippen molar-refractivity contribution in [2.45, 2.75) is 45.3 Å². The zero-order chi connectivity index (χ0) is 16.4. The Balaban J connectivity index is 1.41. The zero-order valence-electron chi connectivity index (χ0n) is 14.0. The molecule has 1 fully saturated rings.